The van der Waals surface area contributed by atoms with Gasteiger partial charge in [-0.15, -0.1) is 11.8 Å². The lowest BCUT2D eigenvalue weighted by Crippen LogP contribution is -2.37. The Bertz CT molecular complexity index is 730. The van der Waals surface area contributed by atoms with E-state index in [1.165, 1.54) is 0 Å². The standard InChI is InChI=1S/C18H22N4O2S/c1-13-11-17(22-7-9-24-10-8-22)21-16(20-13)12-19-18(23)14-3-5-15(25-2)6-4-14/h3-6,11H,7-10,12H2,1-2H3,(H,19,23). The Morgan fingerprint density at radius 2 is 1.96 bits per heavy atom. The molecule has 1 aromatic carbocycles. The van der Waals surface area contributed by atoms with Crippen molar-refractivity contribution < 1.29 is 9.53 Å². The second kappa shape index (κ2) is 8.31. The number of amides is 1. The smallest absolute Gasteiger partial charge is 0.251 e. The van der Waals surface area contributed by atoms with Crippen molar-refractivity contribution in [1.29, 1.82) is 0 Å². The van der Waals surface area contributed by atoms with E-state index in [0.29, 0.717) is 31.1 Å². The minimum Gasteiger partial charge on any atom is -0.378 e. The van der Waals surface area contributed by atoms with Gasteiger partial charge in [-0.2, -0.15) is 0 Å². The van der Waals surface area contributed by atoms with Gasteiger partial charge in [-0.1, -0.05) is 0 Å². The summed E-state index contributed by atoms with van der Waals surface area (Å²) in [4.78, 5) is 24.6. The third-order valence-electron chi connectivity index (χ3n) is 3.98. The summed E-state index contributed by atoms with van der Waals surface area (Å²) in [6.45, 7) is 5.32. The van der Waals surface area contributed by atoms with Gasteiger partial charge >= 0.3 is 0 Å². The molecule has 1 amide bonds. The van der Waals surface area contributed by atoms with Crippen molar-refractivity contribution in [3.63, 3.8) is 0 Å². The minimum atomic E-state index is -0.120. The number of carbonyl (C=O) groups is 1. The van der Waals surface area contributed by atoms with E-state index in [1.54, 1.807) is 11.8 Å². The van der Waals surface area contributed by atoms with Crippen LogP contribution in [0.5, 0.6) is 0 Å². The van der Waals surface area contributed by atoms with Gasteiger partial charge in [-0.05, 0) is 37.4 Å². The first-order valence-electron chi connectivity index (χ1n) is 8.25. The van der Waals surface area contributed by atoms with Crippen LogP contribution in [0.3, 0.4) is 0 Å². The molecule has 7 heteroatoms. The van der Waals surface area contributed by atoms with Gasteiger partial charge in [0.15, 0.2) is 0 Å². The Morgan fingerprint density at radius 1 is 1.24 bits per heavy atom. The molecule has 1 fully saturated rings. The van der Waals surface area contributed by atoms with Gasteiger partial charge in [-0.25, -0.2) is 9.97 Å². The molecule has 1 saturated heterocycles. The molecular weight excluding hydrogens is 336 g/mol. The third kappa shape index (κ3) is 4.70. The molecule has 3 rings (SSSR count). The maximum absolute atomic E-state index is 12.3. The summed E-state index contributed by atoms with van der Waals surface area (Å²) in [5, 5.41) is 2.90. The van der Waals surface area contributed by atoms with Crippen molar-refractivity contribution in [2.75, 3.05) is 37.5 Å². The van der Waals surface area contributed by atoms with E-state index in [-0.39, 0.29) is 5.91 Å². The van der Waals surface area contributed by atoms with Gasteiger partial charge < -0.3 is 15.0 Å². The topological polar surface area (TPSA) is 67.4 Å². The second-order valence-electron chi connectivity index (χ2n) is 5.79. The van der Waals surface area contributed by atoms with Gasteiger partial charge in [0, 0.05) is 35.3 Å². The number of anilines is 1. The highest BCUT2D eigenvalue weighted by atomic mass is 32.2. The zero-order chi connectivity index (χ0) is 17.6. The predicted molar refractivity (Wildman–Crippen MR) is 99.2 cm³/mol. The van der Waals surface area contributed by atoms with Crippen LogP contribution in [0.15, 0.2) is 35.2 Å². The van der Waals surface area contributed by atoms with Crippen molar-refractivity contribution in [2.45, 2.75) is 18.4 Å². The predicted octanol–water partition coefficient (Wildman–Crippen LogP) is 2.27. The van der Waals surface area contributed by atoms with Crippen LogP contribution in [-0.4, -0.2) is 48.4 Å². The number of thioether (sulfide) groups is 1. The lowest BCUT2D eigenvalue weighted by molar-refractivity contribution is 0.0949. The molecule has 0 atom stereocenters. The molecule has 0 unspecified atom stereocenters. The lowest BCUT2D eigenvalue weighted by Gasteiger charge is -2.28. The summed E-state index contributed by atoms with van der Waals surface area (Å²) in [5.41, 5.74) is 1.53. The first-order valence-corrected chi connectivity index (χ1v) is 9.47. The largest absolute Gasteiger partial charge is 0.378 e. The van der Waals surface area contributed by atoms with Gasteiger partial charge in [0.05, 0.1) is 19.8 Å². The van der Waals surface area contributed by atoms with E-state index in [1.807, 2.05) is 43.5 Å². The van der Waals surface area contributed by atoms with Crippen molar-refractivity contribution in [1.82, 2.24) is 15.3 Å². The maximum atomic E-state index is 12.3. The molecule has 0 spiro atoms. The zero-order valence-corrected chi connectivity index (χ0v) is 15.3. The molecule has 2 heterocycles. The minimum absolute atomic E-state index is 0.120. The fourth-order valence-electron chi connectivity index (χ4n) is 2.65. The van der Waals surface area contributed by atoms with E-state index in [2.05, 4.69) is 20.2 Å². The van der Waals surface area contributed by atoms with Crippen LogP contribution in [0, 0.1) is 6.92 Å². The highest BCUT2D eigenvalue weighted by molar-refractivity contribution is 7.98. The number of ether oxygens (including phenoxy) is 1. The van der Waals surface area contributed by atoms with Crippen molar-refractivity contribution in [3.05, 3.63) is 47.4 Å². The number of aryl methyl sites for hydroxylation is 1. The summed E-state index contributed by atoms with van der Waals surface area (Å²) in [6, 6.07) is 9.52. The average molecular weight is 358 g/mol. The first-order chi connectivity index (χ1) is 12.2. The van der Waals surface area contributed by atoms with Crippen molar-refractivity contribution in [2.24, 2.45) is 0 Å². The number of carbonyl (C=O) groups excluding carboxylic acids is 1. The van der Waals surface area contributed by atoms with Crippen molar-refractivity contribution in [3.8, 4) is 0 Å². The van der Waals surface area contributed by atoms with Gasteiger partial charge in [0.25, 0.3) is 5.91 Å². The highest BCUT2D eigenvalue weighted by Gasteiger charge is 2.14. The first kappa shape index (κ1) is 17.7. The highest BCUT2D eigenvalue weighted by Crippen LogP contribution is 2.16. The number of hydrogen-bond acceptors (Lipinski definition) is 6. The Hall–Kier alpha value is -2.12. The zero-order valence-electron chi connectivity index (χ0n) is 14.5. The molecule has 1 aliphatic heterocycles. The molecule has 0 aliphatic carbocycles. The van der Waals surface area contributed by atoms with E-state index >= 15 is 0 Å². The molecule has 1 aliphatic rings. The van der Waals surface area contributed by atoms with E-state index in [4.69, 9.17) is 4.74 Å². The van der Waals surface area contributed by atoms with Crippen LogP contribution in [-0.2, 0) is 11.3 Å². The Morgan fingerprint density at radius 3 is 2.64 bits per heavy atom. The van der Waals surface area contributed by atoms with Crippen molar-refractivity contribution >= 4 is 23.5 Å². The third-order valence-corrected chi connectivity index (χ3v) is 4.72. The maximum Gasteiger partial charge on any atom is 0.251 e. The number of morpholine rings is 1. The Labute approximate surface area is 152 Å². The number of nitrogens with one attached hydrogen (secondary N) is 1. The number of hydrogen-bond donors (Lipinski definition) is 1. The quantitative estimate of drug-likeness (QED) is 0.827. The second-order valence-corrected chi connectivity index (χ2v) is 6.67. The summed E-state index contributed by atoms with van der Waals surface area (Å²) in [6.07, 6.45) is 2.01. The fourth-order valence-corrected chi connectivity index (χ4v) is 3.06. The monoisotopic (exact) mass is 358 g/mol. The molecular formula is C18H22N4O2S. The number of nitrogens with zero attached hydrogens (tertiary/aromatic N) is 3. The lowest BCUT2D eigenvalue weighted by atomic mass is 10.2. The molecule has 0 saturated carbocycles. The number of aromatic nitrogens is 2. The molecule has 1 aromatic heterocycles. The summed E-state index contributed by atoms with van der Waals surface area (Å²) in [7, 11) is 0. The van der Waals surface area contributed by atoms with Crippen LogP contribution in [0.2, 0.25) is 0 Å². The molecule has 6 nitrogen and oxygen atoms in total. The van der Waals surface area contributed by atoms with Crippen LogP contribution < -0.4 is 10.2 Å². The van der Waals surface area contributed by atoms with E-state index < -0.39 is 0 Å². The van der Waals surface area contributed by atoms with Gasteiger partial charge in [-0.3, -0.25) is 4.79 Å². The summed E-state index contributed by atoms with van der Waals surface area (Å²) >= 11 is 1.65. The van der Waals surface area contributed by atoms with Crippen LogP contribution >= 0.6 is 11.8 Å². The van der Waals surface area contributed by atoms with Crippen LogP contribution in [0.25, 0.3) is 0 Å². The SMILES string of the molecule is CSc1ccc(C(=O)NCc2nc(C)cc(N3CCOCC3)n2)cc1. The molecule has 25 heavy (non-hydrogen) atoms. The van der Waals surface area contributed by atoms with E-state index in [9.17, 15) is 4.79 Å². The van der Waals surface area contributed by atoms with Crippen LogP contribution in [0.1, 0.15) is 21.9 Å². The molecule has 1 N–H and O–H groups in total. The summed E-state index contributed by atoms with van der Waals surface area (Å²) < 4.78 is 5.38. The average Bonchev–Trinajstić information content (AvgIpc) is 2.66. The number of benzene rings is 1. The normalized spacial score (nSPS) is 14.4. The van der Waals surface area contributed by atoms with Gasteiger partial charge in [0.2, 0.25) is 0 Å². The number of rotatable bonds is 5. The Kier molecular flexibility index (Phi) is 5.88. The Balaban J connectivity index is 1.65. The molecule has 0 radical (unpaired) electrons. The van der Waals surface area contributed by atoms with Gasteiger partial charge in [0.1, 0.15) is 11.6 Å². The van der Waals surface area contributed by atoms with E-state index in [0.717, 1.165) is 29.5 Å². The summed E-state index contributed by atoms with van der Waals surface area (Å²) in [5.74, 6) is 1.39. The molecule has 2 aromatic rings. The molecule has 132 valence electrons. The van der Waals surface area contributed by atoms with Crippen LogP contribution in [0.4, 0.5) is 5.82 Å². The fraction of sp³-hybridized carbons (Fsp3) is 0.389. The molecule has 0 bridgehead atoms.